The van der Waals surface area contributed by atoms with Gasteiger partial charge in [-0.2, -0.15) is 0 Å². The molecular formula is C34H25BrN4. The van der Waals surface area contributed by atoms with E-state index in [4.69, 9.17) is 15.0 Å². The van der Waals surface area contributed by atoms with Crippen molar-refractivity contribution in [2.24, 2.45) is 0 Å². The molecule has 0 fully saturated rings. The second-order valence-corrected chi connectivity index (χ2v) is 10.1. The van der Waals surface area contributed by atoms with Crippen LogP contribution in [0.15, 0.2) is 132 Å². The van der Waals surface area contributed by atoms with Crippen molar-refractivity contribution in [1.82, 2.24) is 19.5 Å². The topological polar surface area (TPSA) is 43.6 Å². The molecule has 0 radical (unpaired) electrons. The van der Waals surface area contributed by atoms with Crippen LogP contribution in [-0.2, 0) is 0 Å². The number of fused-ring (bicyclic) bond motifs is 3. The molecule has 4 nitrogen and oxygen atoms in total. The lowest BCUT2D eigenvalue weighted by molar-refractivity contribution is 1.03. The lowest BCUT2D eigenvalue weighted by Gasteiger charge is -2.10. The first-order valence-corrected chi connectivity index (χ1v) is 13.5. The molecule has 2 heterocycles. The van der Waals surface area contributed by atoms with Gasteiger partial charge in [-0.15, -0.1) is 0 Å². The minimum absolute atomic E-state index is 0.636. The lowest BCUT2D eigenvalue weighted by Crippen LogP contribution is -2.02. The molecule has 0 N–H and O–H groups in total. The van der Waals surface area contributed by atoms with Gasteiger partial charge in [0.05, 0.1) is 11.0 Å². The van der Waals surface area contributed by atoms with Gasteiger partial charge in [-0.1, -0.05) is 107 Å². The average Bonchev–Trinajstić information content (AvgIpc) is 3.31. The summed E-state index contributed by atoms with van der Waals surface area (Å²) in [6.07, 6.45) is 7.58. The molecule has 0 spiro atoms. The highest BCUT2D eigenvalue weighted by Gasteiger charge is 2.19. The molecular weight excluding hydrogens is 544 g/mol. The highest BCUT2D eigenvalue weighted by atomic mass is 79.9. The van der Waals surface area contributed by atoms with E-state index < -0.39 is 0 Å². The van der Waals surface area contributed by atoms with E-state index in [1.165, 1.54) is 0 Å². The van der Waals surface area contributed by atoms with Crippen LogP contribution in [0.4, 0.5) is 0 Å². The minimum Gasteiger partial charge on any atom is -0.309 e. The average molecular weight is 570 g/mol. The quantitative estimate of drug-likeness (QED) is 0.188. The highest BCUT2D eigenvalue weighted by Crippen LogP contribution is 2.39. The van der Waals surface area contributed by atoms with E-state index in [0.29, 0.717) is 17.5 Å². The molecule has 0 unspecified atom stereocenters. The molecule has 5 heteroatoms. The molecule has 6 aromatic rings. The number of nitrogens with zero attached hydrogens (tertiary/aromatic N) is 4. The maximum Gasteiger partial charge on any atom is 0.164 e. The summed E-state index contributed by atoms with van der Waals surface area (Å²) in [5.41, 5.74) is 6.16. The third kappa shape index (κ3) is 4.73. The van der Waals surface area contributed by atoms with E-state index in [9.17, 15) is 0 Å². The van der Waals surface area contributed by atoms with Crippen LogP contribution < -0.4 is 0 Å². The zero-order chi connectivity index (χ0) is 26.8. The first-order valence-electron chi connectivity index (χ1n) is 12.7. The van der Waals surface area contributed by atoms with Crippen molar-refractivity contribution in [2.75, 3.05) is 0 Å². The van der Waals surface area contributed by atoms with Gasteiger partial charge in [0.25, 0.3) is 0 Å². The van der Waals surface area contributed by atoms with E-state index >= 15 is 0 Å². The van der Waals surface area contributed by atoms with E-state index in [-0.39, 0.29) is 0 Å². The van der Waals surface area contributed by atoms with Crippen LogP contribution in [-0.4, -0.2) is 19.5 Å². The summed E-state index contributed by atoms with van der Waals surface area (Å²) in [4.78, 5) is 14.9. The molecule has 4 aromatic carbocycles. The third-order valence-corrected chi connectivity index (χ3v) is 7.11. The number of allylic oxidation sites excluding steroid dienone is 5. The number of hydrogen-bond donors (Lipinski definition) is 0. The molecule has 0 saturated heterocycles. The predicted molar refractivity (Wildman–Crippen MR) is 166 cm³/mol. The van der Waals surface area contributed by atoms with Crippen LogP contribution in [0.3, 0.4) is 0 Å². The normalized spacial score (nSPS) is 12.0. The molecule has 39 heavy (non-hydrogen) atoms. The summed E-state index contributed by atoms with van der Waals surface area (Å²) in [7, 11) is 0. The SMILES string of the molecule is C=C/C=C\C=C(/C)c1nc(-c2ccccc2)nc(-c2cccc3c2c2cc(Br)ccc2n3-c2ccccc2)n1. The fourth-order valence-electron chi connectivity index (χ4n) is 4.83. The Bertz CT molecular complexity index is 1880. The summed E-state index contributed by atoms with van der Waals surface area (Å²) in [5, 5.41) is 2.23. The maximum atomic E-state index is 5.01. The number of benzene rings is 4. The van der Waals surface area contributed by atoms with Crippen LogP contribution in [0, 0.1) is 0 Å². The molecule has 0 aliphatic rings. The smallest absolute Gasteiger partial charge is 0.164 e. The number of para-hydroxylation sites is 1. The van der Waals surface area contributed by atoms with Crippen LogP contribution >= 0.6 is 15.9 Å². The Morgan fingerprint density at radius 2 is 1.51 bits per heavy atom. The Morgan fingerprint density at radius 3 is 2.28 bits per heavy atom. The Morgan fingerprint density at radius 1 is 0.769 bits per heavy atom. The Kier molecular flexibility index (Phi) is 6.74. The van der Waals surface area contributed by atoms with Gasteiger partial charge in [-0.05, 0) is 48.9 Å². The molecule has 0 atom stereocenters. The minimum atomic E-state index is 0.636. The van der Waals surface area contributed by atoms with Crippen LogP contribution in [0.5, 0.6) is 0 Å². The maximum absolute atomic E-state index is 5.01. The fourth-order valence-corrected chi connectivity index (χ4v) is 5.19. The van der Waals surface area contributed by atoms with Gasteiger partial charge < -0.3 is 4.57 Å². The summed E-state index contributed by atoms with van der Waals surface area (Å²) in [5.74, 6) is 1.91. The predicted octanol–water partition coefficient (Wildman–Crippen LogP) is 9.21. The molecule has 6 rings (SSSR count). The third-order valence-electron chi connectivity index (χ3n) is 6.62. The lowest BCUT2D eigenvalue weighted by atomic mass is 10.1. The van der Waals surface area contributed by atoms with Gasteiger partial charge in [-0.3, -0.25) is 0 Å². The van der Waals surface area contributed by atoms with Crippen LogP contribution in [0.1, 0.15) is 12.7 Å². The zero-order valence-corrected chi connectivity index (χ0v) is 23.0. The largest absolute Gasteiger partial charge is 0.309 e. The Balaban J connectivity index is 1.67. The number of aromatic nitrogens is 4. The van der Waals surface area contributed by atoms with Gasteiger partial charge in [-0.25, -0.2) is 15.0 Å². The molecule has 0 bridgehead atoms. The standard InChI is InChI=1S/C34H25BrN4/c1-3-4-7-13-23(2)32-36-33(24-14-8-5-9-15-24)38-34(37-32)27-18-12-19-30-31(27)28-22-25(35)20-21-29(28)39(30)26-16-10-6-11-17-26/h3-22H,1H2,2H3/b7-4-,23-13+. The zero-order valence-electron chi connectivity index (χ0n) is 21.4. The van der Waals surface area contributed by atoms with Crippen molar-refractivity contribution in [3.8, 4) is 28.5 Å². The second-order valence-electron chi connectivity index (χ2n) is 9.17. The van der Waals surface area contributed by atoms with Gasteiger partial charge in [0.15, 0.2) is 17.5 Å². The van der Waals surface area contributed by atoms with Crippen LogP contribution in [0.25, 0.3) is 55.8 Å². The summed E-state index contributed by atoms with van der Waals surface area (Å²) >= 11 is 3.70. The van der Waals surface area contributed by atoms with E-state index in [1.54, 1.807) is 6.08 Å². The van der Waals surface area contributed by atoms with Crippen LogP contribution in [0.2, 0.25) is 0 Å². The summed E-state index contributed by atoms with van der Waals surface area (Å²) < 4.78 is 3.32. The first kappa shape index (κ1) is 24.7. The molecule has 0 aliphatic heterocycles. The van der Waals surface area contributed by atoms with Crippen molar-refractivity contribution < 1.29 is 0 Å². The van der Waals surface area contributed by atoms with Crippen molar-refractivity contribution in [1.29, 1.82) is 0 Å². The number of rotatable bonds is 6. The summed E-state index contributed by atoms with van der Waals surface area (Å²) in [6.45, 7) is 5.77. The van der Waals surface area contributed by atoms with Gasteiger partial charge in [0, 0.05) is 32.1 Å². The van der Waals surface area contributed by atoms with Crippen molar-refractivity contribution in [3.63, 3.8) is 0 Å². The van der Waals surface area contributed by atoms with Crippen molar-refractivity contribution in [3.05, 3.63) is 138 Å². The molecule has 0 saturated carbocycles. The monoisotopic (exact) mass is 568 g/mol. The Labute approximate surface area is 235 Å². The fraction of sp³-hybridized carbons (Fsp3) is 0.0294. The Hall–Kier alpha value is -4.61. The van der Waals surface area contributed by atoms with Gasteiger partial charge >= 0.3 is 0 Å². The highest BCUT2D eigenvalue weighted by molar-refractivity contribution is 9.10. The first-order chi connectivity index (χ1) is 19.1. The van der Waals surface area contributed by atoms with E-state index in [0.717, 1.165) is 48.7 Å². The van der Waals surface area contributed by atoms with Crippen molar-refractivity contribution in [2.45, 2.75) is 6.92 Å². The molecule has 0 aliphatic carbocycles. The van der Waals surface area contributed by atoms with Crippen molar-refractivity contribution >= 4 is 43.3 Å². The number of halogens is 1. The van der Waals surface area contributed by atoms with E-state index in [2.05, 4.69) is 87.7 Å². The second kappa shape index (κ2) is 10.6. The molecule has 0 amide bonds. The number of hydrogen-bond acceptors (Lipinski definition) is 3. The van der Waals surface area contributed by atoms with E-state index in [1.807, 2.05) is 61.5 Å². The summed E-state index contributed by atoms with van der Waals surface area (Å²) in [6, 6.07) is 33.2. The molecule has 188 valence electrons. The van der Waals surface area contributed by atoms with Gasteiger partial charge in [0.1, 0.15) is 0 Å². The molecule has 2 aromatic heterocycles. The van der Waals surface area contributed by atoms with Gasteiger partial charge in [0.2, 0.25) is 0 Å².